The molecule has 2 atom stereocenters. The fraction of sp³-hybridized carbons (Fsp3) is 0.167. The van der Waals surface area contributed by atoms with Crippen LogP contribution in [0.5, 0.6) is 17.6 Å². The van der Waals surface area contributed by atoms with Gasteiger partial charge in [-0.1, -0.05) is 29.8 Å². The number of carboxylic acids is 1. The van der Waals surface area contributed by atoms with E-state index >= 15 is 0 Å². The SMILES string of the molecule is O=C(O)c1ccc2nc(Oc3ccc(-c4cccc(OC(F)c5ccc(Cl)cc5)n4)cc3)n(C[C@@H]3CCO3)c2c1. The van der Waals surface area contributed by atoms with E-state index in [2.05, 4.69) is 9.97 Å². The number of ether oxygens (including phenoxy) is 3. The van der Waals surface area contributed by atoms with Gasteiger partial charge in [0.15, 0.2) is 0 Å². The average Bonchev–Trinajstić information content (AvgIpc) is 3.27. The third kappa shape index (κ3) is 5.47. The first-order valence-electron chi connectivity index (χ1n) is 12.6. The Labute approximate surface area is 233 Å². The minimum atomic E-state index is -1.69. The molecular formula is C30H23ClFN3O5. The number of hydrogen-bond donors (Lipinski definition) is 1. The van der Waals surface area contributed by atoms with E-state index in [1.807, 2.05) is 16.7 Å². The first kappa shape index (κ1) is 25.8. The zero-order valence-corrected chi connectivity index (χ0v) is 21.8. The number of imidazole rings is 1. The van der Waals surface area contributed by atoms with Crippen LogP contribution >= 0.6 is 11.6 Å². The van der Waals surface area contributed by atoms with Gasteiger partial charge in [-0.3, -0.25) is 4.57 Å². The monoisotopic (exact) mass is 559 g/mol. The van der Waals surface area contributed by atoms with Crippen LogP contribution in [-0.2, 0) is 11.3 Å². The fourth-order valence-corrected chi connectivity index (χ4v) is 4.47. The molecule has 1 fully saturated rings. The van der Waals surface area contributed by atoms with Crippen molar-refractivity contribution in [1.29, 1.82) is 0 Å². The molecular weight excluding hydrogens is 537 g/mol. The summed E-state index contributed by atoms with van der Waals surface area (Å²) >= 11 is 5.88. The number of fused-ring (bicyclic) bond motifs is 1. The van der Waals surface area contributed by atoms with E-state index < -0.39 is 12.3 Å². The van der Waals surface area contributed by atoms with E-state index in [0.717, 1.165) is 12.0 Å². The molecule has 3 heterocycles. The van der Waals surface area contributed by atoms with Gasteiger partial charge in [0.25, 0.3) is 6.36 Å². The fourth-order valence-electron chi connectivity index (χ4n) is 4.35. The zero-order valence-electron chi connectivity index (χ0n) is 21.0. The number of alkyl halides is 1. The number of halogens is 2. The smallest absolute Gasteiger partial charge is 0.335 e. The predicted molar refractivity (Wildman–Crippen MR) is 147 cm³/mol. The number of carbonyl (C=O) groups is 1. The first-order valence-corrected chi connectivity index (χ1v) is 13.0. The van der Waals surface area contributed by atoms with E-state index in [1.165, 1.54) is 6.07 Å². The van der Waals surface area contributed by atoms with E-state index in [1.54, 1.807) is 66.7 Å². The van der Waals surface area contributed by atoms with Crippen molar-refractivity contribution in [3.63, 3.8) is 0 Å². The largest absolute Gasteiger partial charge is 0.478 e. The van der Waals surface area contributed by atoms with Crippen molar-refractivity contribution in [2.24, 2.45) is 0 Å². The Balaban J connectivity index is 1.21. The molecule has 2 aromatic heterocycles. The zero-order chi connectivity index (χ0) is 27.6. The van der Waals surface area contributed by atoms with Crippen LogP contribution in [0.25, 0.3) is 22.3 Å². The van der Waals surface area contributed by atoms with E-state index in [0.29, 0.717) is 52.2 Å². The van der Waals surface area contributed by atoms with Crippen LogP contribution in [0.4, 0.5) is 4.39 Å². The van der Waals surface area contributed by atoms with Gasteiger partial charge in [0.1, 0.15) is 5.75 Å². The summed E-state index contributed by atoms with van der Waals surface area (Å²) in [5, 5.41) is 9.95. The molecule has 0 spiro atoms. The quantitative estimate of drug-likeness (QED) is 0.206. The summed E-state index contributed by atoms with van der Waals surface area (Å²) in [5.74, 6) is -0.331. The Morgan fingerprint density at radius 1 is 1.07 bits per heavy atom. The van der Waals surface area contributed by atoms with Gasteiger partial charge in [0.05, 0.1) is 34.9 Å². The predicted octanol–water partition coefficient (Wildman–Crippen LogP) is 7.08. The normalized spacial score (nSPS) is 15.4. The van der Waals surface area contributed by atoms with Crippen LogP contribution in [0.3, 0.4) is 0 Å². The summed E-state index contributed by atoms with van der Waals surface area (Å²) < 4.78 is 33.6. The highest BCUT2D eigenvalue weighted by Crippen LogP contribution is 2.31. The average molecular weight is 560 g/mol. The Morgan fingerprint density at radius 3 is 2.55 bits per heavy atom. The van der Waals surface area contributed by atoms with Crippen molar-refractivity contribution >= 4 is 28.6 Å². The molecule has 0 bridgehead atoms. The van der Waals surface area contributed by atoms with Gasteiger partial charge < -0.3 is 19.3 Å². The van der Waals surface area contributed by atoms with Crippen molar-refractivity contribution in [1.82, 2.24) is 14.5 Å². The van der Waals surface area contributed by atoms with Gasteiger partial charge in [0, 0.05) is 28.8 Å². The standard InChI is InChI=1S/C30H23ClFN3O5/c31-21-9-4-19(5-10-21)28(32)40-27-3-1-2-24(33-27)18-6-11-22(12-7-18)39-30-34-25-13-8-20(29(36)37)16-26(25)35(30)17-23-14-15-38-23/h1-13,16,23,28H,14-15,17H2,(H,36,37)/t23-,28?/m0/s1. The lowest BCUT2D eigenvalue weighted by Crippen LogP contribution is -2.31. The molecule has 40 heavy (non-hydrogen) atoms. The van der Waals surface area contributed by atoms with Gasteiger partial charge >= 0.3 is 12.0 Å². The minimum Gasteiger partial charge on any atom is -0.478 e. The number of hydrogen-bond acceptors (Lipinski definition) is 6. The van der Waals surface area contributed by atoms with Crippen LogP contribution < -0.4 is 9.47 Å². The van der Waals surface area contributed by atoms with Crippen molar-refractivity contribution in [2.75, 3.05) is 6.61 Å². The summed E-state index contributed by atoms with van der Waals surface area (Å²) in [4.78, 5) is 20.6. The number of nitrogens with zero attached hydrogens (tertiary/aromatic N) is 3. The number of carboxylic acid groups (broad SMARTS) is 1. The molecule has 1 N–H and O–H groups in total. The molecule has 1 aliphatic rings. The second-order valence-corrected chi connectivity index (χ2v) is 9.70. The van der Waals surface area contributed by atoms with Crippen LogP contribution in [0.1, 0.15) is 28.7 Å². The Kier molecular flexibility index (Phi) is 7.06. The summed E-state index contributed by atoms with van der Waals surface area (Å²) in [6.07, 6.45) is -0.767. The topological polar surface area (TPSA) is 95.7 Å². The third-order valence-electron chi connectivity index (χ3n) is 6.58. The van der Waals surface area contributed by atoms with E-state index in [9.17, 15) is 14.3 Å². The molecule has 1 aliphatic heterocycles. The maximum Gasteiger partial charge on any atom is 0.335 e. The Bertz CT molecular complexity index is 1670. The molecule has 1 saturated heterocycles. The van der Waals surface area contributed by atoms with Crippen LogP contribution in [0.15, 0.2) is 84.9 Å². The summed E-state index contributed by atoms with van der Waals surface area (Å²) in [6, 6.07) is 23.8. The van der Waals surface area contributed by atoms with Crippen molar-refractivity contribution in [3.05, 3.63) is 101 Å². The van der Waals surface area contributed by atoms with Crippen molar-refractivity contribution < 1.29 is 28.5 Å². The lowest BCUT2D eigenvalue weighted by molar-refractivity contribution is -0.0593. The maximum absolute atomic E-state index is 14.7. The van der Waals surface area contributed by atoms with Gasteiger partial charge in [0.2, 0.25) is 5.88 Å². The van der Waals surface area contributed by atoms with E-state index in [-0.39, 0.29) is 17.5 Å². The van der Waals surface area contributed by atoms with Crippen LogP contribution in [0.2, 0.25) is 5.02 Å². The minimum absolute atomic E-state index is 0.0137. The highest BCUT2D eigenvalue weighted by Gasteiger charge is 2.23. The summed E-state index contributed by atoms with van der Waals surface area (Å²) in [6.45, 7) is 1.19. The van der Waals surface area contributed by atoms with Gasteiger partial charge in [-0.15, -0.1) is 0 Å². The molecule has 5 aromatic rings. The third-order valence-corrected chi connectivity index (χ3v) is 6.83. The number of rotatable bonds is 9. The molecule has 0 saturated carbocycles. The van der Waals surface area contributed by atoms with Gasteiger partial charge in [-0.05, 0) is 67.1 Å². The highest BCUT2D eigenvalue weighted by atomic mass is 35.5. The number of aromatic nitrogens is 3. The molecule has 3 aromatic carbocycles. The first-order chi connectivity index (χ1) is 19.4. The summed E-state index contributed by atoms with van der Waals surface area (Å²) in [7, 11) is 0. The van der Waals surface area contributed by atoms with Crippen LogP contribution in [-0.4, -0.2) is 38.3 Å². The molecule has 10 heteroatoms. The van der Waals surface area contributed by atoms with Gasteiger partial charge in [-0.2, -0.15) is 9.37 Å². The lowest BCUT2D eigenvalue weighted by Gasteiger charge is -2.27. The maximum atomic E-state index is 14.7. The number of aromatic carboxylic acids is 1. The molecule has 202 valence electrons. The number of pyridine rings is 1. The lowest BCUT2D eigenvalue weighted by atomic mass is 10.1. The Hall–Kier alpha value is -4.47. The molecule has 8 nitrogen and oxygen atoms in total. The highest BCUT2D eigenvalue weighted by molar-refractivity contribution is 6.30. The second kappa shape index (κ2) is 11.0. The molecule has 0 amide bonds. The van der Waals surface area contributed by atoms with Crippen molar-refractivity contribution in [2.45, 2.75) is 25.4 Å². The van der Waals surface area contributed by atoms with Crippen LogP contribution in [0, 0.1) is 0 Å². The summed E-state index contributed by atoms with van der Waals surface area (Å²) in [5.41, 5.74) is 3.18. The van der Waals surface area contributed by atoms with Gasteiger partial charge in [-0.25, -0.2) is 9.78 Å². The molecule has 6 rings (SSSR count). The molecule has 0 aliphatic carbocycles. The van der Waals surface area contributed by atoms with Crippen molar-refractivity contribution in [3.8, 4) is 28.9 Å². The van der Waals surface area contributed by atoms with E-state index in [4.69, 9.17) is 25.8 Å². The second-order valence-electron chi connectivity index (χ2n) is 9.27. The molecule has 1 unspecified atom stereocenters. The number of benzene rings is 3. The molecule has 0 radical (unpaired) electrons. The Morgan fingerprint density at radius 2 is 1.85 bits per heavy atom.